The van der Waals surface area contributed by atoms with Crippen LogP contribution in [0.15, 0.2) is 60.7 Å². The Morgan fingerprint density at radius 3 is 2.00 bits per heavy atom. The summed E-state index contributed by atoms with van der Waals surface area (Å²) in [6, 6.07) is 22.0. The van der Waals surface area contributed by atoms with Crippen LogP contribution in [0.3, 0.4) is 0 Å². The molecule has 0 amide bonds. The average molecular weight is 475 g/mol. The SMILES string of the molecule is CC(C)(C)c1ccc([Si](OC2CCC(c3cc(N)nn3C(C)(C)C)CC2)c2ccccc2)cc1. The fraction of sp³-hybridized carbons (Fsp3) is 0.483. The lowest BCUT2D eigenvalue weighted by molar-refractivity contribution is 0.148. The summed E-state index contributed by atoms with van der Waals surface area (Å²) in [6.45, 7) is 13.4. The Kier molecular flexibility index (Phi) is 7.06. The standard InChI is InChI=1S/C29H40N3OSi/c1-28(2,3)22-14-18-25(19-15-22)34(24-10-8-7-9-11-24)33-23-16-12-21(13-17-23)26-20-27(30)31-32(26)29(4,5)6/h7-11,14-15,18-21,23H,12-13,16-17H2,1-6H3,(H2,30,31). The number of nitrogens with two attached hydrogens (primary N) is 1. The van der Waals surface area contributed by atoms with Crippen molar-refractivity contribution in [1.82, 2.24) is 9.78 Å². The van der Waals surface area contributed by atoms with Crippen molar-refractivity contribution >= 4 is 25.2 Å². The molecule has 1 aliphatic carbocycles. The molecule has 1 aromatic heterocycles. The molecule has 0 aliphatic heterocycles. The van der Waals surface area contributed by atoms with Crippen LogP contribution in [0.1, 0.15) is 84.4 Å². The van der Waals surface area contributed by atoms with Crippen molar-refractivity contribution in [3.8, 4) is 0 Å². The van der Waals surface area contributed by atoms with Crippen molar-refractivity contribution in [2.45, 2.75) is 90.2 Å². The van der Waals surface area contributed by atoms with E-state index in [0.717, 1.165) is 25.7 Å². The Labute approximate surface area is 207 Å². The smallest absolute Gasteiger partial charge is 0.283 e. The minimum Gasteiger partial charge on any atom is -0.404 e. The number of anilines is 1. The highest BCUT2D eigenvalue weighted by Crippen LogP contribution is 2.36. The zero-order chi connectivity index (χ0) is 24.5. The molecule has 1 radical (unpaired) electrons. The summed E-state index contributed by atoms with van der Waals surface area (Å²) in [5.74, 6) is 1.11. The summed E-state index contributed by atoms with van der Waals surface area (Å²) < 4.78 is 9.06. The predicted octanol–water partition coefficient (Wildman–Crippen LogP) is 5.37. The second-order valence-corrected chi connectivity index (χ2v) is 13.7. The van der Waals surface area contributed by atoms with E-state index < -0.39 is 9.04 Å². The van der Waals surface area contributed by atoms with E-state index in [4.69, 9.17) is 10.2 Å². The van der Waals surface area contributed by atoms with Crippen molar-refractivity contribution in [1.29, 1.82) is 0 Å². The van der Waals surface area contributed by atoms with Gasteiger partial charge in [0.25, 0.3) is 9.04 Å². The zero-order valence-electron chi connectivity index (χ0n) is 21.6. The molecular formula is C29H40N3OSi. The third-order valence-electron chi connectivity index (χ3n) is 6.82. The molecule has 1 aliphatic rings. The van der Waals surface area contributed by atoms with E-state index in [-0.39, 0.29) is 17.1 Å². The summed E-state index contributed by atoms with van der Waals surface area (Å²) in [6.07, 6.45) is 4.65. The Balaban J connectivity index is 1.50. The van der Waals surface area contributed by atoms with Crippen LogP contribution in [0, 0.1) is 0 Å². The lowest BCUT2D eigenvalue weighted by atomic mass is 9.85. The first kappa shape index (κ1) is 24.7. The number of rotatable bonds is 5. The topological polar surface area (TPSA) is 53.1 Å². The maximum Gasteiger partial charge on any atom is 0.283 e. The summed E-state index contributed by atoms with van der Waals surface area (Å²) in [4.78, 5) is 0. The normalized spacial score (nSPS) is 19.5. The minimum absolute atomic E-state index is 0.0665. The molecule has 34 heavy (non-hydrogen) atoms. The van der Waals surface area contributed by atoms with Gasteiger partial charge in [0, 0.05) is 23.8 Å². The summed E-state index contributed by atoms with van der Waals surface area (Å²) in [5, 5.41) is 7.24. The van der Waals surface area contributed by atoms with Crippen molar-refractivity contribution in [3.63, 3.8) is 0 Å². The van der Waals surface area contributed by atoms with Gasteiger partial charge < -0.3 is 10.2 Å². The van der Waals surface area contributed by atoms with E-state index >= 15 is 0 Å². The van der Waals surface area contributed by atoms with Gasteiger partial charge in [0.05, 0.1) is 5.54 Å². The molecule has 1 saturated carbocycles. The van der Waals surface area contributed by atoms with E-state index in [0.29, 0.717) is 11.7 Å². The first-order valence-electron chi connectivity index (χ1n) is 12.6. The predicted molar refractivity (Wildman–Crippen MR) is 144 cm³/mol. The van der Waals surface area contributed by atoms with Gasteiger partial charge in [0.1, 0.15) is 5.82 Å². The van der Waals surface area contributed by atoms with Gasteiger partial charge >= 0.3 is 0 Å². The van der Waals surface area contributed by atoms with Crippen LogP contribution in [-0.4, -0.2) is 24.9 Å². The van der Waals surface area contributed by atoms with E-state index in [1.807, 2.05) is 0 Å². The molecule has 2 aromatic carbocycles. The molecule has 2 N–H and O–H groups in total. The van der Waals surface area contributed by atoms with Crippen LogP contribution in [0.5, 0.6) is 0 Å². The molecule has 181 valence electrons. The highest BCUT2D eigenvalue weighted by molar-refractivity contribution is 6.80. The maximum atomic E-state index is 6.93. The van der Waals surface area contributed by atoms with E-state index in [9.17, 15) is 0 Å². The molecule has 5 heteroatoms. The van der Waals surface area contributed by atoms with Gasteiger partial charge in [0.15, 0.2) is 0 Å². The number of aromatic nitrogens is 2. The molecule has 1 fully saturated rings. The van der Waals surface area contributed by atoms with E-state index in [2.05, 4.69) is 112 Å². The second-order valence-electron chi connectivity index (χ2n) is 11.7. The van der Waals surface area contributed by atoms with E-state index in [1.165, 1.54) is 21.6 Å². The Morgan fingerprint density at radius 2 is 1.44 bits per heavy atom. The number of hydrogen-bond acceptors (Lipinski definition) is 3. The molecule has 4 rings (SSSR count). The molecule has 0 bridgehead atoms. The molecule has 0 atom stereocenters. The third kappa shape index (κ3) is 5.64. The van der Waals surface area contributed by atoms with Crippen LogP contribution in [0.2, 0.25) is 0 Å². The highest BCUT2D eigenvalue weighted by atomic mass is 28.3. The highest BCUT2D eigenvalue weighted by Gasteiger charge is 2.31. The zero-order valence-corrected chi connectivity index (χ0v) is 22.6. The number of nitrogens with zero attached hydrogens (tertiary/aromatic N) is 2. The first-order chi connectivity index (χ1) is 16.0. The monoisotopic (exact) mass is 474 g/mol. The van der Waals surface area contributed by atoms with Gasteiger partial charge in [-0.15, -0.1) is 0 Å². The lowest BCUT2D eigenvalue weighted by Gasteiger charge is -2.33. The minimum atomic E-state index is -1.31. The van der Waals surface area contributed by atoms with Gasteiger partial charge in [-0.2, -0.15) is 5.10 Å². The van der Waals surface area contributed by atoms with Crippen LogP contribution >= 0.6 is 0 Å². The van der Waals surface area contributed by atoms with Crippen LogP contribution in [0.25, 0.3) is 0 Å². The first-order valence-corrected chi connectivity index (χ1v) is 14.0. The fourth-order valence-electron chi connectivity index (χ4n) is 4.90. The van der Waals surface area contributed by atoms with Gasteiger partial charge in [-0.25, -0.2) is 0 Å². The third-order valence-corrected chi connectivity index (χ3v) is 9.10. The summed E-state index contributed by atoms with van der Waals surface area (Å²) in [7, 11) is -1.31. The maximum absolute atomic E-state index is 6.93. The quantitative estimate of drug-likeness (QED) is 0.506. The van der Waals surface area contributed by atoms with Crippen molar-refractivity contribution in [3.05, 3.63) is 71.9 Å². The van der Waals surface area contributed by atoms with E-state index in [1.54, 1.807) is 0 Å². The Hall–Kier alpha value is -2.37. The summed E-state index contributed by atoms with van der Waals surface area (Å²) in [5.41, 5.74) is 8.81. The Morgan fingerprint density at radius 1 is 0.853 bits per heavy atom. The summed E-state index contributed by atoms with van der Waals surface area (Å²) >= 11 is 0. The van der Waals surface area contributed by atoms with Crippen LogP contribution in [0.4, 0.5) is 5.82 Å². The molecule has 4 nitrogen and oxygen atoms in total. The van der Waals surface area contributed by atoms with Crippen molar-refractivity contribution < 1.29 is 4.43 Å². The lowest BCUT2D eigenvalue weighted by Crippen LogP contribution is -2.47. The van der Waals surface area contributed by atoms with Gasteiger partial charge in [0.2, 0.25) is 0 Å². The van der Waals surface area contributed by atoms with Gasteiger partial charge in [-0.1, -0.05) is 75.4 Å². The second kappa shape index (κ2) is 9.71. The Bertz CT molecular complexity index is 1070. The molecule has 3 aromatic rings. The molecule has 1 heterocycles. The van der Waals surface area contributed by atoms with Gasteiger partial charge in [-0.05, 0) is 67.8 Å². The van der Waals surface area contributed by atoms with Crippen molar-refractivity contribution in [2.75, 3.05) is 5.73 Å². The number of benzene rings is 2. The molecule has 0 saturated heterocycles. The van der Waals surface area contributed by atoms with Crippen LogP contribution in [-0.2, 0) is 15.4 Å². The van der Waals surface area contributed by atoms with Crippen molar-refractivity contribution in [2.24, 2.45) is 0 Å². The molecular weight excluding hydrogens is 434 g/mol. The molecule has 0 spiro atoms. The number of nitrogen functional groups attached to an aromatic ring is 1. The van der Waals surface area contributed by atoms with Crippen LogP contribution < -0.4 is 16.1 Å². The van der Waals surface area contributed by atoms with Gasteiger partial charge in [-0.3, -0.25) is 4.68 Å². The largest absolute Gasteiger partial charge is 0.404 e. The average Bonchev–Trinajstić information content (AvgIpc) is 3.20. The fourth-order valence-corrected chi connectivity index (χ4v) is 7.04. The molecule has 0 unspecified atom stereocenters. The number of hydrogen-bond donors (Lipinski definition) is 1.